The predicted molar refractivity (Wildman–Crippen MR) is 67.3 cm³/mol. The maximum absolute atomic E-state index is 8.53. The van der Waals surface area contributed by atoms with Gasteiger partial charge in [-0.3, -0.25) is 4.68 Å². The Bertz CT molecular complexity index is 600. The lowest BCUT2D eigenvalue weighted by molar-refractivity contribution is 0.318. The summed E-state index contributed by atoms with van der Waals surface area (Å²) in [4.78, 5) is 3.94. The molecule has 96 valence electrons. The second-order valence-corrected chi connectivity index (χ2v) is 4.51. The van der Waals surface area contributed by atoms with E-state index < -0.39 is 0 Å². The largest absolute Gasteiger partial charge is 0.409 e. The van der Waals surface area contributed by atoms with E-state index in [1.807, 2.05) is 14.0 Å². The van der Waals surface area contributed by atoms with Gasteiger partial charge in [-0.1, -0.05) is 5.16 Å². The van der Waals surface area contributed by atoms with Gasteiger partial charge in [-0.15, -0.1) is 5.10 Å². The number of hydrogen-bond donors (Lipinski definition) is 2. The van der Waals surface area contributed by atoms with Crippen molar-refractivity contribution in [2.75, 3.05) is 0 Å². The Hall–Kier alpha value is -1.90. The molecule has 8 nitrogen and oxygen atoms in total. The molecule has 0 fully saturated rings. The third kappa shape index (κ3) is 2.21. The van der Waals surface area contributed by atoms with Crippen molar-refractivity contribution in [1.29, 1.82) is 0 Å². The van der Waals surface area contributed by atoms with Gasteiger partial charge in [0.2, 0.25) is 11.7 Å². The number of rotatable bonds is 3. The Morgan fingerprint density at radius 1 is 1.56 bits per heavy atom. The maximum Gasteiger partial charge on any atom is 0.219 e. The lowest BCUT2D eigenvalue weighted by Crippen LogP contribution is -2.16. The number of aromatic nitrogens is 5. The number of nitrogens with zero attached hydrogens (tertiary/aromatic N) is 6. The second kappa shape index (κ2) is 4.77. The average molecular weight is 314 g/mol. The molecule has 0 amide bonds. The van der Waals surface area contributed by atoms with E-state index in [1.165, 1.54) is 6.33 Å². The predicted octanol–water partition coefficient (Wildman–Crippen LogP) is 0.225. The van der Waals surface area contributed by atoms with Crippen LogP contribution in [0.2, 0.25) is 0 Å². The van der Waals surface area contributed by atoms with Crippen LogP contribution in [0, 0.1) is 6.92 Å². The summed E-state index contributed by atoms with van der Waals surface area (Å²) >= 11 is 3.47. The van der Waals surface area contributed by atoms with Gasteiger partial charge in [-0.25, -0.2) is 9.67 Å². The van der Waals surface area contributed by atoms with E-state index in [9.17, 15) is 0 Å². The van der Waals surface area contributed by atoms with Crippen LogP contribution in [0.3, 0.4) is 0 Å². The van der Waals surface area contributed by atoms with Crippen LogP contribution in [0.1, 0.15) is 17.2 Å². The topological polar surface area (TPSA) is 107 Å². The minimum absolute atomic E-state index is 0.117. The molecule has 0 radical (unpaired) electrons. The van der Waals surface area contributed by atoms with Gasteiger partial charge in [0.25, 0.3) is 0 Å². The fraction of sp³-hybridized carbons (Fsp3) is 0.333. The summed E-state index contributed by atoms with van der Waals surface area (Å²) in [6.45, 7) is 2.40. The number of amidine groups is 1. The zero-order valence-corrected chi connectivity index (χ0v) is 11.5. The van der Waals surface area contributed by atoms with Gasteiger partial charge in [-0.2, -0.15) is 5.10 Å². The molecule has 0 aliphatic heterocycles. The van der Waals surface area contributed by atoms with Gasteiger partial charge in [0.05, 0.1) is 22.4 Å². The Balaban J connectivity index is 2.27. The molecule has 0 spiro atoms. The highest BCUT2D eigenvalue weighted by atomic mass is 79.9. The molecule has 2 aromatic rings. The quantitative estimate of drug-likeness (QED) is 0.365. The van der Waals surface area contributed by atoms with Crippen LogP contribution in [-0.2, 0) is 13.6 Å². The van der Waals surface area contributed by atoms with Crippen molar-refractivity contribution in [3.63, 3.8) is 0 Å². The zero-order chi connectivity index (χ0) is 13.3. The van der Waals surface area contributed by atoms with Crippen LogP contribution in [-0.4, -0.2) is 35.6 Å². The highest BCUT2D eigenvalue weighted by Crippen LogP contribution is 2.20. The number of aryl methyl sites for hydroxylation is 2. The summed E-state index contributed by atoms with van der Waals surface area (Å²) in [5.41, 5.74) is 7.27. The minimum Gasteiger partial charge on any atom is -0.409 e. The van der Waals surface area contributed by atoms with Crippen LogP contribution in [0.25, 0.3) is 0 Å². The monoisotopic (exact) mass is 313 g/mol. The molecule has 0 bridgehead atoms. The Morgan fingerprint density at radius 3 is 2.83 bits per heavy atom. The van der Waals surface area contributed by atoms with Crippen molar-refractivity contribution in [3.05, 3.63) is 28.0 Å². The van der Waals surface area contributed by atoms with Gasteiger partial charge in [0.1, 0.15) is 6.33 Å². The molecule has 2 rings (SSSR count). The van der Waals surface area contributed by atoms with Gasteiger partial charge >= 0.3 is 0 Å². The molecule has 9 heteroatoms. The van der Waals surface area contributed by atoms with Crippen molar-refractivity contribution in [2.45, 2.75) is 13.5 Å². The highest BCUT2D eigenvalue weighted by Gasteiger charge is 2.13. The summed E-state index contributed by atoms with van der Waals surface area (Å²) < 4.78 is 4.30. The molecule has 0 aliphatic rings. The normalized spacial score (nSPS) is 12.1. The number of halogens is 1. The average Bonchev–Trinajstić information content (AvgIpc) is 2.90. The third-order valence-electron chi connectivity index (χ3n) is 2.45. The second-order valence-electron chi connectivity index (χ2n) is 3.72. The van der Waals surface area contributed by atoms with Gasteiger partial charge in [0, 0.05) is 7.05 Å². The molecule has 0 unspecified atom stereocenters. The lowest BCUT2D eigenvalue weighted by atomic mass is 10.4. The first kappa shape index (κ1) is 12.6. The van der Waals surface area contributed by atoms with Crippen LogP contribution in [0.5, 0.6) is 0 Å². The highest BCUT2D eigenvalue weighted by molar-refractivity contribution is 9.10. The van der Waals surface area contributed by atoms with E-state index in [4.69, 9.17) is 10.9 Å². The Morgan fingerprint density at radius 2 is 2.28 bits per heavy atom. The molecule has 2 aromatic heterocycles. The molecular formula is C9H12BrN7O. The first-order valence-electron chi connectivity index (χ1n) is 5.08. The van der Waals surface area contributed by atoms with Crippen molar-refractivity contribution in [1.82, 2.24) is 24.5 Å². The summed E-state index contributed by atoms with van der Waals surface area (Å²) in [5.74, 6) is 0.0708. The summed E-state index contributed by atoms with van der Waals surface area (Å²) in [6, 6.07) is 0. The molecule has 0 saturated carbocycles. The van der Waals surface area contributed by atoms with Crippen LogP contribution in [0.15, 0.2) is 16.0 Å². The first-order valence-corrected chi connectivity index (χ1v) is 5.87. The van der Waals surface area contributed by atoms with E-state index in [2.05, 4.69) is 36.3 Å². The van der Waals surface area contributed by atoms with Crippen LogP contribution in [0.4, 0.5) is 0 Å². The van der Waals surface area contributed by atoms with Crippen molar-refractivity contribution >= 4 is 21.8 Å². The molecule has 0 atom stereocenters. The summed E-state index contributed by atoms with van der Waals surface area (Å²) in [5, 5.41) is 19.8. The molecule has 3 N–H and O–H groups in total. The SMILES string of the molecule is Cc1nn(C)c(Cn2cnc(C(N)=NO)n2)c1Br. The standard InChI is InChI=1S/C9H12BrN7O/c1-5-7(10)6(16(2)13-5)3-17-4-12-9(14-17)8(11)15-18/h4,18H,3H2,1-2H3,(H2,11,15). The first-order chi connectivity index (χ1) is 8.52. The fourth-order valence-corrected chi connectivity index (χ4v) is 2.00. The molecular weight excluding hydrogens is 302 g/mol. The zero-order valence-electron chi connectivity index (χ0n) is 9.87. The fourth-order valence-electron chi connectivity index (χ4n) is 1.54. The van der Waals surface area contributed by atoms with Gasteiger partial charge in [-0.05, 0) is 22.9 Å². The molecule has 18 heavy (non-hydrogen) atoms. The van der Waals surface area contributed by atoms with Crippen LogP contribution >= 0.6 is 15.9 Å². The smallest absolute Gasteiger partial charge is 0.219 e. The van der Waals surface area contributed by atoms with Crippen molar-refractivity contribution in [2.24, 2.45) is 17.9 Å². The number of nitrogens with two attached hydrogens (primary N) is 1. The molecule has 0 saturated heterocycles. The van der Waals surface area contributed by atoms with E-state index in [1.54, 1.807) is 9.36 Å². The minimum atomic E-state index is -0.117. The van der Waals surface area contributed by atoms with E-state index in [0.29, 0.717) is 6.54 Å². The van der Waals surface area contributed by atoms with Crippen LogP contribution < -0.4 is 5.73 Å². The van der Waals surface area contributed by atoms with E-state index in [0.717, 1.165) is 15.9 Å². The Labute approximate surface area is 111 Å². The number of hydrogen-bond acceptors (Lipinski definition) is 5. The van der Waals surface area contributed by atoms with Crippen molar-refractivity contribution in [3.8, 4) is 0 Å². The van der Waals surface area contributed by atoms with Gasteiger partial charge in [0.15, 0.2) is 0 Å². The number of oxime groups is 1. The molecule has 0 aromatic carbocycles. The molecule has 0 aliphatic carbocycles. The summed E-state index contributed by atoms with van der Waals surface area (Å²) in [6.07, 6.45) is 1.52. The van der Waals surface area contributed by atoms with Gasteiger partial charge < -0.3 is 10.9 Å². The van der Waals surface area contributed by atoms with Crippen molar-refractivity contribution < 1.29 is 5.21 Å². The van der Waals surface area contributed by atoms with E-state index in [-0.39, 0.29) is 11.7 Å². The maximum atomic E-state index is 8.53. The van der Waals surface area contributed by atoms with E-state index >= 15 is 0 Å². The molecule has 2 heterocycles. The third-order valence-corrected chi connectivity index (χ3v) is 3.48. The Kier molecular flexibility index (Phi) is 3.32. The summed E-state index contributed by atoms with van der Waals surface area (Å²) in [7, 11) is 1.86. The lowest BCUT2D eigenvalue weighted by Gasteiger charge is -2.02.